The molecule has 4 rings (SSSR count). The van der Waals surface area contributed by atoms with Crippen molar-refractivity contribution in [2.45, 2.75) is 39.5 Å². The standard InChI is InChI=1S/C25H30N6O/c1-16-14-18(8-11-20(16)26)28-24-27-15-21-23(29-24)31(13-12-22(32)30(21)5)19-9-6-17(7-10-19)25(2,3)4/h6-11,14-15H,12-13,26H2,1-5H3,(H,27,28,29). The van der Waals surface area contributed by atoms with E-state index in [0.29, 0.717) is 30.4 Å². The number of hydrogen-bond donors (Lipinski definition) is 2. The molecule has 1 aliphatic rings. The molecule has 1 aliphatic heterocycles. The Kier molecular flexibility index (Phi) is 5.50. The van der Waals surface area contributed by atoms with E-state index in [9.17, 15) is 4.79 Å². The number of anilines is 6. The molecule has 0 fully saturated rings. The molecule has 0 saturated carbocycles. The molecule has 0 atom stereocenters. The molecule has 0 aliphatic carbocycles. The SMILES string of the molecule is Cc1cc(Nc2ncc3c(n2)N(c2ccc(C(C)(C)C)cc2)CCC(=O)N3C)ccc1N. The van der Waals surface area contributed by atoms with Gasteiger partial charge in [-0.3, -0.25) is 4.79 Å². The van der Waals surface area contributed by atoms with Crippen LogP contribution < -0.4 is 20.9 Å². The Morgan fingerprint density at radius 2 is 1.81 bits per heavy atom. The number of nitrogens with zero attached hydrogens (tertiary/aromatic N) is 4. The molecule has 166 valence electrons. The van der Waals surface area contributed by atoms with E-state index in [-0.39, 0.29) is 11.3 Å². The first-order chi connectivity index (χ1) is 15.1. The second-order valence-electron chi connectivity index (χ2n) is 9.25. The van der Waals surface area contributed by atoms with E-state index in [4.69, 9.17) is 10.7 Å². The van der Waals surface area contributed by atoms with Gasteiger partial charge in [-0.25, -0.2) is 4.98 Å². The maximum atomic E-state index is 12.6. The number of carbonyl (C=O) groups excluding carboxylic acids is 1. The predicted molar refractivity (Wildman–Crippen MR) is 131 cm³/mol. The highest BCUT2D eigenvalue weighted by Crippen LogP contribution is 2.36. The van der Waals surface area contributed by atoms with Gasteiger partial charge in [-0.15, -0.1) is 0 Å². The van der Waals surface area contributed by atoms with Crippen LogP contribution in [0.4, 0.5) is 34.5 Å². The third kappa shape index (κ3) is 4.23. The van der Waals surface area contributed by atoms with Crippen LogP contribution in [-0.4, -0.2) is 29.5 Å². The van der Waals surface area contributed by atoms with Crippen LogP contribution in [0, 0.1) is 6.92 Å². The van der Waals surface area contributed by atoms with Gasteiger partial charge in [0, 0.05) is 37.1 Å². The molecule has 7 nitrogen and oxygen atoms in total. The number of nitrogens with two attached hydrogens (primary N) is 1. The van der Waals surface area contributed by atoms with Gasteiger partial charge in [0.15, 0.2) is 5.82 Å². The van der Waals surface area contributed by atoms with Crippen molar-refractivity contribution in [1.82, 2.24) is 9.97 Å². The average Bonchev–Trinajstić information content (AvgIpc) is 2.87. The van der Waals surface area contributed by atoms with Crippen molar-refractivity contribution in [3.05, 3.63) is 59.8 Å². The zero-order valence-corrected chi connectivity index (χ0v) is 19.3. The maximum Gasteiger partial charge on any atom is 0.229 e. The Labute approximate surface area is 189 Å². The van der Waals surface area contributed by atoms with E-state index in [1.807, 2.05) is 25.1 Å². The van der Waals surface area contributed by atoms with Gasteiger partial charge in [-0.1, -0.05) is 32.9 Å². The Morgan fingerprint density at radius 1 is 1.09 bits per heavy atom. The molecule has 1 amide bonds. The smallest absolute Gasteiger partial charge is 0.229 e. The summed E-state index contributed by atoms with van der Waals surface area (Å²) in [6, 6.07) is 14.2. The number of aryl methyl sites for hydroxylation is 1. The summed E-state index contributed by atoms with van der Waals surface area (Å²) in [6.45, 7) is 9.09. The molecule has 2 heterocycles. The van der Waals surface area contributed by atoms with Crippen molar-refractivity contribution in [2.24, 2.45) is 0 Å². The van der Waals surface area contributed by atoms with Gasteiger partial charge in [-0.05, 0) is 53.8 Å². The number of carbonyl (C=O) groups is 1. The summed E-state index contributed by atoms with van der Waals surface area (Å²) in [6.07, 6.45) is 2.10. The molecule has 0 bridgehead atoms. The number of hydrogen-bond acceptors (Lipinski definition) is 6. The first-order valence-electron chi connectivity index (χ1n) is 10.8. The summed E-state index contributed by atoms with van der Waals surface area (Å²) in [5.41, 5.74) is 11.5. The lowest BCUT2D eigenvalue weighted by Gasteiger charge is -2.26. The third-order valence-electron chi connectivity index (χ3n) is 5.86. The zero-order chi connectivity index (χ0) is 23.0. The number of fused-ring (bicyclic) bond motifs is 1. The van der Waals surface area contributed by atoms with Gasteiger partial charge in [0.25, 0.3) is 0 Å². The first kappa shape index (κ1) is 21.6. The fraction of sp³-hybridized carbons (Fsp3) is 0.320. The molecule has 7 heteroatoms. The quantitative estimate of drug-likeness (QED) is 0.574. The molecule has 3 aromatic rings. The van der Waals surface area contributed by atoms with Crippen molar-refractivity contribution in [3.8, 4) is 0 Å². The first-order valence-corrected chi connectivity index (χ1v) is 10.8. The van der Waals surface area contributed by atoms with Gasteiger partial charge in [0.05, 0.1) is 6.20 Å². The molecule has 0 radical (unpaired) electrons. The minimum Gasteiger partial charge on any atom is -0.399 e. The fourth-order valence-electron chi connectivity index (χ4n) is 3.75. The summed E-state index contributed by atoms with van der Waals surface area (Å²) in [4.78, 5) is 25.6. The van der Waals surface area contributed by atoms with E-state index < -0.39 is 0 Å². The van der Waals surface area contributed by atoms with Crippen LogP contribution in [0.5, 0.6) is 0 Å². The van der Waals surface area contributed by atoms with E-state index in [1.165, 1.54) is 5.56 Å². The maximum absolute atomic E-state index is 12.6. The minimum absolute atomic E-state index is 0.0403. The van der Waals surface area contributed by atoms with Crippen molar-refractivity contribution in [1.29, 1.82) is 0 Å². The number of aromatic nitrogens is 2. The van der Waals surface area contributed by atoms with E-state index in [2.05, 4.69) is 60.2 Å². The van der Waals surface area contributed by atoms with Crippen molar-refractivity contribution < 1.29 is 4.79 Å². The third-order valence-corrected chi connectivity index (χ3v) is 5.86. The van der Waals surface area contributed by atoms with Crippen LogP contribution in [0.1, 0.15) is 38.3 Å². The van der Waals surface area contributed by atoms with Gasteiger partial charge < -0.3 is 20.9 Å². The topological polar surface area (TPSA) is 87.4 Å². The Morgan fingerprint density at radius 3 is 2.47 bits per heavy atom. The van der Waals surface area contributed by atoms with Crippen LogP contribution in [0.2, 0.25) is 0 Å². The van der Waals surface area contributed by atoms with Crippen molar-refractivity contribution >= 4 is 40.4 Å². The molecule has 1 aromatic heterocycles. The lowest BCUT2D eigenvalue weighted by Crippen LogP contribution is -2.25. The lowest BCUT2D eigenvalue weighted by atomic mass is 9.87. The number of amides is 1. The summed E-state index contributed by atoms with van der Waals surface area (Å²) in [5, 5.41) is 3.26. The largest absolute Gasteiger partial charge is 0.399 e. The van der Waals surface area contributed by atoms with Gasteiger partial charge >= 0.3 is 0 Å². The van der Waals surface area contributed by atoms with Gasteiger partial charge in [0.1, 0.15) is 5.69 Å². The Bertz CT molecular complexity index is 1150. The second-order valence-corrected chi connectivity index (χ2v) is 9.25. The van der Waals surface area contributed by atoms with Gasteiger partial charge in [0.2, 0.25) is 11.9 Å². The molecule has 3 N–H and O–H groups in total. The molecule has 0 spiro atoms. The highest BCUT2D eigenvalue weighted by atomic mass is 16.2. The lowest BCUT2D eigenvalue weighted by molar-refractivity contribution is -0.118. The second kappa shape index (κ2) is 8.15. The predicted octanol–water partition coefficient (Wildman–Crippen LogP) is 4.91. The molecule has 32 heavy (non-hydrogen) atoms. The van der Waals surface area contributed by atoms with Crippen LogP contribution in [0.25, 0.3) is 0 Å². The highest BCUT2D eigenvalue weighted by molar-refractivity contribution is 5.98. The summed E-state index contributed by atoms with van der Waals surface area (Å²) in [5.74, 6) is 1.21. The number of nitrogen functional groups attached to an aromatic ring is 1. The molecular weight excluding hydrogens is 400 g/mol. The number of rotatable bonds is 3. The minimum atomic E-state index is 0.0403. The molecule has 2 aromatic carbocycles. The highest BCUT2D eigenvalue weighted by Gasteiger charge is 2.27. The van der Waals surface area contributed by atoms with Crippen molar-refractivity contribution in [3.63, 3.8) is 0 Å². The van der Waals surface area contributed by atoms with Crippen LogP contribution in [0.3, 0.4) is 0 Å². The Balaban J connectivity index is 1.73. The summed E-state index contributed by atoms with van der Waals surface area (Å²) < 4.78 is 0. The normalized spacial score (nSPS) is 14.2. The van der Waals surface area contributed by atoms with E-state index in [1.54, 1.807) is 18.1 Å². The number of benzene rings is 2. The monoisotopic (exact) mass is 430 g/mol. The summed E-state index contributed by atoms with van der Waals surface area (Å²) >= 11 is 0. The Hall–Kier alpha value is -3.61. The average molecular weight is 431 g/mol. The van der Waals surface area contributed by atoms with Gasteiger partial charge in [-0.2, -0.15) is 4.98 Å². The van der Waals surface area contributed by atoms with Crippen molar-refractivity contribution in [2.75, 3.05) is 34.4 Å². The molecule has 0 unspecified atom stereocenters. The van der Waals surface area contributed by atoms with Crippen LogP contribution in [-0.2, 0) is 10.2 Å². The number of nitrogens with one attached hydrogen (secondary N) is 1. The molecule has 0 saturated heterocycles. The van der Waals surface area contributed by atoms with Crippen LogP contribution in [0.15, 0.2) is 48.7 Å². The van der Waals surface area contributed by atoms with Crippen LogP contribution >= 0.6 is 0 Å². The zero-order valence-electron chi connectivity index (χ0n) is 19.3. The van der Waals surface area contributed by atoms with E-state index in [0.717, 1.165) is 22.6 Å². The molecular formula is C25H30N6O. The fourth-order valence-corrected chi connectivity index (χ4v) is 3.75. The van der Waals surface area contributed by atoms with E-state index >= 15 is 0 Å². The summed E-state index contributed by atoms with van der Waals surface area (Å²) in [7, 11) is 1.77.